The summed E-state index contributed by atoms with van der Waals surface area (Å²) in [6.07, 6.45) is 2.54. The van der Waals surface area contributed by atoms with Crippen LogP contribution < -0.4 is 0 Å². The van der Waals surface area contributed by atoms with Crippen LogP contribution in [0.25, 0.3) is 0 Å². The molecule has 0 saturated carbocycles. The van der Waals surface area contributed by atoms with Crippen LogP contribution >= 0.6 is 15.9 Å². The number of aliphatic hydroxyl groups is 1. The highest BCUT2D eigenvalue weighted by Gasteiger charge is 2.25. The van der Waals surface area contributed by atoms with Crippen molar-refractivity contribution >= 4 is 15.9 Å². The fourth-order valence-electron chi connectivity index (χ4n) is 2.37. The number of likely N-dealkylation sites (tertiary alicyclic amines) is 1. The predicted octanol–water partition coefficient (Wildman–Crippen LogP) is 3.33. The number of benzene rings is 1. The van der Waals surface area contributed by atoms with Gasteiger partial charge in [-0.05, 0) is 44.9 Å². The Balaban J connectivity index is 2.01. The lowest BCUT2D eigenvalue weighted by Crippen LogP contribution is -2.28. The molecular weight excluding hydrogens is 297 g/mol. The summed E-state index contributed by atoms with van der Waals surface area (Å²) in [6.45, 7) is 4.25. The molecular formula is C14H19BrFNO. The molecule has 1 aliphatic heterocycles. The second kappa shape index (κ2) is 5.68. The van der Waals surface area contributed by atoms with Gasteiger partial charge in [-0.3, -0.25) is 4.90 Å². The molecule has 0 spiro atoms. The van der Waals surface area contributed by atoms with Gasteiger partial charge in [-0.2, -0.15) is 0 Å². The normalized spacial score (nSPS) is 26.0. The molecule has 0 aromatic heterocycles. The van der Waals surface area contributed by atoms with Gasteiger partial charge in [0.05, 0.1) is 5.60 Å². The van der Waals surface area contributed by atoms with E-state index in [4.69, 9.17) is 0 Å². The van der Waals surface area contributed by atoms with Gasteiger partial charge in [-0.15, -0.1) is 0 Å². The first-order valence-corrected chi connectivity index (χ1v) is 7.14. The van der Waals surface area contributed by atoms with E-state index in [0.29, 0.717) is 6.54 Å². The van der Waals surface area contributed by atoms with Gasteiger partial charge in [0.1, 0.15) is 5.82 Å². The zero-order valence-electron chi connectivity index (χ0n) is 10.6. The van der Waals surface area contributed by atoms with Crippen LogP contribution in [0.5, 0.6) is 0 Å². The van der Waals surface area contributed by atoms with E-state index >= 15 is 0 Å². The number of hydrogen-bond donors (Lipinski definition) is 1. The molecule has 1 saturated heterocycles. The maximum absolute atomic E-state index is 13.8. The minimum absolute atomic E-state index is 0.166. The van der Waals surface area contributed by atoms with Crippen LogP contribution in [0.15, 0.2) is 22.7 Å². The Kier molecular flexibility index (Phi) is 4.41. The first kappa shape index (κ1) is 14.0. The molecule has 0 bridgehead atoms. The van der Waals surface area contributed by atoms with Gasteiger partial charge < -0.3 is 5.11 Å². The van der Waals surface area contributed by atoms with Gasteiger partial charge in [0.15, 0.2) is 0 Å². The SMILES string of the molecule is CC1(O)CCCN(Cc2ccc(Br)cc2F)CC1. The van der Waals surface area contributed by atoms with Gasteiger partial charge in [-0.1, -0.05) is 22.0 Å². The molecule has 0 amide bonds. The number of halogens is 2. The van der Waals surface area contributed by atoms with Crippen molar-refractivity contribution < 1.29 is 9.50 Å². The van der Waals surface area contributed by atoms with Gasteiger partial charge >= 0.3 is 0 Å². The Hall–Kier alpha value is -0.450. The van der Waals surface area contributed by atoms with E-state index in [1.807, 2.05) is 19.1 Å². The molecule has 1 unspecified atom stereocenters. The third-order valence-corrected chi connectivity index (χ3v) is 4.06. The van der Waals surface area contributed by atoms with Crippen LogP contribution in [0.4, 0.5) is 4.39 Å². The molecule has 18 heavy (non-hydrogen) atoms. The minimum Gasteiger partial charge on any atom is -0.390 e. The van der Waals surface area contributed by atoms with Crippen molar-refractivity contribution in [3.05, 3.63) is 34.1 Å². The number of rotatable bonds is 2. The van der Waals surface area contributed by atoms with Gasteiger partial charge in [0.2, 0.25) is 0 Å². The van der Waals surface area contributed by atoms with Gasteiger partial charge in [-0.25, -0.2) is 4.39 Å². The molecule has 2 rings (SSSR count). The maximum Gasteiger partial charge on any atom is 0.128 e. The third-order valence-electron chi connectivity index (χ3n) is 3.57. The van der Waals surface area contributed by atoms with Crippen LogP contribution in [0.3, 0.4) is 0 Å². The van der Waals surface area contributed by atoms with Crippen molar-refractivity contribution in [1.29, 1.82) is 0 Å². The Morgan fingerprint density at radius 2 is 2.17 bits per heavy atom. The van der Waals surface area contributed by atoms with E-state index in [9.17, 15) is 9.50 Å². The average molecular weight is 316 g/mol. The van der Waals surface area contributed by atoms with Crippen LogP contribution in [0.2, 0.25) is 0 Å². The molecule has 1 aliphatic rings. The molecule has 1 aromatic carbocycles. The molecule has 1 fully saturated rings. The lowest BCUT2D eigenvalue weighted by Gasteiger charge is -2.22. The second-order valence-electron chi connectivity index (χ2n) is 5.36. The van der Waals surface area contributed by atoms with Gasteiger partial charge in [0, 0.05) is 23.1 Å². The highest BCUT2D eigenvalue weighted by atomic mass is 79.9. The number of hydrogen-bond acceptors (Lipinski definition) is 2. The van der Waals surface area contributed by atoms with Crippen molar-refractivity contribution in [3.8, 4) is 0 Å². The first-order valence-electron chi connectivity index (χ1n) is 6.35. The summed E-state index contributed by atoms with van der Waals surface area (Å²) in [6, 6.07) is 5.19. The van der Waals surface area contributed by atoms with Crippen LogP contribution in [-0.4, -0.2) is 28.7 Å². The minimum atomic E-state index is -0.562. The smallest absolute Gasteiger partial charge is 0.128 e. The van der Waals surface area contributed by atoms with Crippen molar-refractivity contribution in [3.63, 3.8) is 0 Å². The molecule has 2 nitrogen and oxygen atoms in total. The highest BCUT2D eigenvalue weighted by molar-refractivity contribution is 9.10. The molecule has 4 heteroatoms. The van der Waals surface area contributed by atoms with E-state index in [1.165, 1.54) is 6.07 Å². The summed E-state index contributed by atoms with van der Waals surface area (Å²) in [5, 5.41) is 10.0. The lowest BCUT2D eigenvalue weighted by molar-refractivity contribution is 0.0444. The molecule has 1 heterocycles. The molecule has 1 N–H and O–H groups in total. The topological polar surface area (TPSA) is 23.5 Å². The summed E-state index contributed by atoms with van der Waals surface area (Å²) in [5.41, 5.74) is 0.159. The summed E-state index contributed by atoms with van der Waals surface area (Å²) >= 11 is 3.26. The van der Waals surface area contributed by atoms with Crippen molar-refractivity contribution in [2.24, 2.45) is 0 Å². The van der Waals surface area contributed by atoms with E-state index in [1.54, 1.807) is 0 Å². The molecule has 0 radical (unpaired) electrons. The lowest BCUT2D eigenvalue weighted by atomic mass is 9.98. The Morgan fingerprint density at radius 3 is 2.89 bits per heavy atom. The fourth-order valence-corrected chi connectivity index (χ4v) is 2.70. The Bertz CT molecular complexity index is 422. The van der Waals surface area contributed by atoms with Gasteiger partial charge in [0.25, 0.3) is 0 Å². The molecule has 100 valence electrons. The van der Waals surface area contributed by atoms with Crippen molar-refractivity contribution in [2.45, 2.75) is 38.3 Å². The van der Waals surface area contributed by atoms with E-state index in [0.717, 1.165) is 42.4 Å². The standard InChI is InChI=1S/C14H19BrFNO/c1-14(18)5-2-7-17(8-6-14)10-11-3-4-12(15)9-13(11)16/h3-4,9,18H,2,5-8,10H2,1H3. The summed E-state index contributed by atoms with van der Waals surface area (Å²) in [4.78, 5) is 2.22. The number of nitrogens with zero attached hydrogens (tertiary/aromatic N) is 1. The van der Waals surface area contributed by atoms with E-state index in [-0.39, 0.29) is 5.82 Å². The van der Waals surface area contributed by atoms with E-state index in [2.05, 4.69) is 20.8 Å². The highest BCUT2D eigenvalue weighted by Crippen LogP contribution is 2.23. The molecule has 0 aliphatic carbocycles. The Labute approximate surface area is 116 Å². The largest absolute Gasteiger partial charge is 0.390 e. The summed E-state index contributed by atoms with van der Waals surface area (Å²) in [5.74, 6) is -0.166. The Morgan fingerprint density at radius 1 is 1.39 bits per heavy atom. The second-order valence-corrected chi connectivity index (χ2v) is 6.28. The fraction of sp³-hybridized carbons (Fsp3) is 0.571. The van der Waals surface area contributed by atoms with E-state index < -0.39 is 5.60 Å². The van der Waals surface area contributed by atoms with Crippen LogP contribution in [-0.2, 0) is 6.54 Å². The van der Waals surface area contributed by atoms with Crippen molar-refractivity contribution in [2.75, 3.05) is 13.1 Å². The molecule has 1 aromatic rings. The predicted molar refractivity (Wildman–Crippen MR) is 73.9 cm³/mol. The zero-order valence-corrected chi connectivity index (χ0v) is 12.2. The molecule has 1 atom stereocenters. The summed E-state index contributed by atoms with van der Waals surface area (Å²) < 4.78 is 14.5. The third kappa shape index (κ3) is 3.77. The monoisotopic (exact) mass is 315 g/mol. The maximum atomic E-state index is 13.8. The first-order chi connectivity index (χ1) is 8.46. The van der Waals surface area contributed by atoms with Crippen LogP contribution in [0, 0.1) is 5.82 Å². The average Bonchev–Trinajstić information content (AvgIpc) is 2.44. The van der Waals surface area contributed by atoms with Crippen LogP contribution in [0.1, 0.15) is 31.7 Å². The quantitative estimate of drug-likeness (QED) is 0.905. The van der Waals surface area contributed by atoms with Crippen molar-refractivity contribution in [1.82, 2.24) is 4.90 Å². The zero-order chi connectivity index (χ0) is 13.2. The summed E-state index contributed by atoms with van der Waals surface area (Å²) in [7, 11) is 0.